The van der Waals surface area contributed by atoms with Crippen molar-refractivity contribution in [1.29, 1.82) is 5.26 Å². The van der Waals surface area contributed by atoms with Crippen LogP contribution in [0.25, 0.3) is 11.1 Å². The summed E-state index contributed by atoms with van der Waals surface area (Å²) in [5.74, 6) is 1.61. The van der Waals surface area contributed by atoms with Crippen molar-refractivity contribution >= 4 is 23.2 Å². The zero-order valence-electron chi connectivity index (χ0n) is 29.2. The number of rotatable bonds is 18. The largest absolute Gasteiger partial charge is 0.492 e. The van der Waals surface area contributed by atoms with E-state index >= 15 is 0 Å². The summed E-state index contributed by atoms with van der Waals surface area (Å²) in [5, 5.41) is 32.3. The normalized spacial score (nSPS) is 13.9. The molecule has 3 aromatic carbocycles. The molecule has 1 atom stereocenters. The Kier molecular flexibility index (Phi) is 13.9. The van der Waals surface area contributed by atoms with Crippen LogP contribution in [0.3, 0.4) is 0 Å². The van der Waals surface area contributed by atoms with Gasteiger partial charge in [-0.2, -0.15) is 5.26 Å². The third-order valence-corrected chi connectivity index (χ3v) is 9.65. The number of aromatic nitrogens is 1. The number of pyridine rings is 1. The lowest BCUT2D eigenvalue weighted by atomic mass is 9.96. The van der Waals surface area contributed by atoms with Gasteiger partial charge in [-0.3, -0.25) is 9.88 Å². The molecule has 1 aliphatic heterocycles. The molecular formula is C39H45Cl2N5O5. The number of halogens is 2. The Labute approximate surface area is 310 Å². The van der Waals surface area contributed by atoms with Gasteiger partial charge in [0.1, 0.15) is 36.5 Å². The van der Waals surface area contributed by atoms with Crippen molar-refractivity contribution in [2.45, 2.75) is 45.2 Å². The Morgan fingerprint density at radius 1 is 0.980 bits per heavy atom. The van der Waals surface area contributed by atoms with Crippen molar-refractivity contribution < 1.29 is 24.4 Å². The molecule has 1 saturated heterocycles. The number of hydrogen-bond acceptors (Lipinski definition) is 10. The van der Waals surface area contributed by atoms with Crippen LogP contribution in [0.5, 0.6) is 17.2 Å². The van der Waals surface area contributed by atoms with Crippen LogP contribution in [-0.4, -0.2) is 90.6 Å². The number of likely N-dealkylation sites (tertiary alicyclic amines) is 1. The molecule has 12 heteroatoms. The number of likely N-dealkylation sites (N-methyl/N-ethyl adjacent to an activating group) is 1. The highest BCUT2D eigenvalue weighted by molar-refractivity contribution is 6.35. The number of aliphatic hydroxyl groups excluding tert-OH is 2. The summed E-state index contributed by atoms with van der Waals surface area (Å²) in [6, 6.07) is 19.8. The first-order valence-corrected chi connectivity index (χ1v) is 17.7. The van der Waals surface area contributed by atoms with Crippen LogP contribution in [0, 0.1) is 18.3 Å². The zero-order chi connectivity index (χ0) is 36.3. The topological polar surface area (TPSA) is 123 Å². The van der Waals surface area contributed by atoms with Crippen LogP contribution in [0.4, 0.5) is 0 Å². The van der Waals surface area contributed by atoms with Crippen molar-refractivity contribution in [2.75, 3.05) is 53.5 Å². The van der Waals surface area contributed by atoms with E-state index in [0.29, 0.717) is 52.1 Å². The van der Waals surface area contributed by atoms with Crippen LogP contribution in [0.2, 0.25) is 10.0 Å². The number of ether oxygens (including phenoxy) is 3. The molecule has 0 amide bonds. The van der Waals surface area contributed by atoms with Gasteiger partial charge < -0.3 is 34.6 Å². The second-order valence-electron chi connectivity index (χ2n) is 12.9. The van der Waals surface area contributed by atoms with Gasteiger partial charge in [0.25, 0.3) is 0 Å². The summed E-state index contributed by atoms with van der Waals surface area (Å²) in [5.41, 5.74) is 5.74. The molecule has 5 rings (SSSR count). The molecule has 3 N–H and O–H groups in total. The van der Waals surface area contributed by atoms with Gasteiger partial charge in [0, 0.05) is 73.9 Å². The van der Waals surface area contributed by atoms with Gasteiger partial charge in [0.2, 0.25) is 0 Å². The molecule has 1 fully saturated rings. The van der Waals surface area contributed by atoms with Crippen LogP contribution in [0.15, 0.2) is 67.0 Å². The molecular weight excluding hydrogens is 689 g/mol. The Morgan fingerprint density at radius 3 is 2.51 bits per heavy atom. The lowest BCUT2D eigenvalue weighted by Crippen LogP contribution is -2.57. The van der Waals surface area contributed by atoms with E-state index in [1.165, 1.54) is 6.20 Å². The van der Waals surface area contributed by atoms with Gasteiger partial charge in [0.15, 0.2) is 0 Å². The number of nitrogens with zero attached hydrogens (tertiary/aromatic N) is 4. The summed E-state index contributed by atoms with van der Waals surface area (Å²) in [6.07, 6.45) is 3.17. The minimum atomic E-state index is -0.895. The van der Waals surface area contributed by atoms with E-state index in [9.17, 15) is 15.5 Å². The van der Waals surface area contributed by atoms with E-state index in [2.05, 4.69) is 40.3 Å². The lowest BCUT2D eigenvalue weighted by molar-refractivity contribution is 0.0595. The van der Waals surface area contributed by atoms with Crippen LogP contribution in [0.1, 0.15) is 34.2 Å². The molecule has 1 aliphatic rings. The van der Waals surface area contributed by atoms with Crippen LogP contribution in [-0.2, 0) is 19.8 Å². The van der Waals surface area contributed by atoms with Crippen molar-refractivity contribution in [2.24, 2.45) is 0 Å². The molecule has 10 nitrogen and oxygen atoms in total. The number of nitrogens with one attached hydrogen (secondary N) is 1. The summed E-state index contributed by atoms with van der Waals surface area (Å²) < 4.78 is 18.6. The maximum atomic E-state index is 9.78. The Balaban J connectivity index is 1.27. The van der Waals surface area contributed by atoms with E-state index < -0.39 is 6.10 Å². The monoisotopic (exact) mass is 733 g/mol. The number of hydrogen-bond donors (Lipinski definition) is 3. The molecule has 51 heavy (non-hydrogen) atoms. The average Bonchev–Trinajstić information content (AvgIpc) is 3.11. The molecule has 0 bridgehead atoms. The van der Waals surface area contributed by atoms with Crippen molar-refractivity contribution in [3.8, 4) is 34.4 Å². The molecule has 1 unspecified atom stereocenters. The highest BCUT2D eigenvalue weighted by Crippen LogP contribution is 2.38. The summed E-state index contributed by atoms with van der Waals surface area (Å²) >= 11 is 13.6. The molecule has 4 aromatic rings. The molecule has 270 valence electrons. The predicted octanol–water partition coefficient (Wildman–Crippen LogP) is 5.85. The minimum Gasteiger partial charge on any atom is -0.492 e. The lowest BCUT2D eigenvalue weighted by Gasteiger charge is -2.42. The fraction of sp³-hybridized carbons (Fsp3) is 0.385. The number of benzene rings is 3. The average molecular weight is 735 g/mol. The molecule has 0 aliphatic carbocycles. The highest BCUT2D eigenvalue weighted by Gasteiger charge is 2.27. The fourth-order valence-electron chi connectivity index (χ4n) is 5.83. The number of aliphatic hydroxyl groups is 2. The molecule has 0 radical (unpaired) electrons. The third kappa shape index (κ3) is 10.3. The maximum Gasteiger partial charge on any atom is 0.142 e. The first-order chi connectivity index (χ1) is 24.7. The van der Waals surface area contributed by atoms with Crippen molar-refractivity contribution in [3.05, 3.63) is 105 Å². The summed E-state index contributed by atoms with van der Waals surface area (Å²) in [6.45, 7) is 6.40. The van der Waals surface area contributed by atoms with E-state index in [4.69, 9.17) is 37.4 Å². The predicted molar refractivity (Wildman–Crippen MR) is 200 cm³/mol. The third-order valence-electron chi connectivity index (χ3n) is 8.97. The minimum absolute atomic E-state index is 0.163. The van der Waals surface area contributed by atoms with E-state index in [-0.39, 0.29) is 26.4 Å². The fourth-order valence-corrected chi connectivity index (χ4v) is 6.35. The summed E-state index contributed by atoms with van der Waals surface area (Å²) in [7, 11) is 4.25. The Bertz CT molecular complexity index is 1810. The molecule has 0 spiro atoms. The smallest absolute Gasteiger partial charge is 0.142 e. The van der Waals surface area contributed by atoms with Crippen LogP contribution < -0.4 is 19.5 Å². The quantitative estimate of drug-likeness (QED) is 0.107. The van der Waals surface area contributed by atoms with Gasteiger partial charge in [-0.05, 0) is 62.3 Å². The second-order valence-corrected chi connectivity index (χ2v) is 13.7. The maximum absolute atomic E-state index is 9.78. The Hall–Kier alpha value is -3.92. The van der Waals surface area contributed by atoms with Crippen molar-refractivity contribution in [3.63, 3.8) is 0 Å². The molecule has 0 saturated carbocycles. The standard InChI is InChI=1S/C39H45Cl2N5O5/c1-26-29(7-4-8-33(26)34-9-5-10-36(39(34)41)49-12-6-11-46-21-31(22-46)45(2)3)25-51-38-15-37(50-24-28-13-27(16-42)17-43-18-28)30(14-35(38)40)19-44-20-32(48)23-47/h4-5,7-10,13-15,17-18,31-32,44,47-48H,6,11-12,19-25H2,1-3H3. The van der Waals surface area contributed by atoms with Gasteiger partial charge >= 0.3 is 0 Å². The van der Waals surface area contributed by atoms with Gasteiger partial charge in [-0.15, -0.1) is 0 Å². The molecule has 1 aromatic heterocycles. The van der Waals surface area contributed by atoms with Gasteiger partial charge in [-0.25, -0.2) is 0 Å². The first-order valence-electron chi connectivity index (χ1n) is 17.0. The van der Waals surface area contributed by atoms with E-state index in [1.54, 1.807) is 24.4 Å². The van der Waals surface area contributed by atoms with Gasteiger partial charge in [-0.1, -0.05) is 53.5 Å². The first kappa shape index (κ1) is 38.3. The number of nitriles is 1. The SMILES string of the molecule is Cc1c(COc2cc(OCc3cncc(C#N)c3)c(CNCC(O)CO)cc2Cl)cccc1-c1cccc(OCCCN2CC(N(C)C)C2)c1Cl. The second kappa shape index (κ2) is 18.5. The van der Waals surface area contributed by atoms with Crippen LogP contribution >= 0.6 is 23.2 Å². The highest BCUT2D eigenvalue weighted by atomic mass is 35.5. The van der Waals surface area contributed by atoms with E-state index in [1.807, 2.05) is 43.3 Å². The summed E-state index contributed by atoms with van der Waals surface area (Å²) in [4.78, 5) is 8.83. The Morgan fingerprint density at radius 2 is 1.75 bits per heavy atom. The zero-order valence-corrected chi connectivity index (χ0v) is 30.8. The molecule has 2 heterocycles. The van der Waals surface area contributed by atoms with Crippen molar-refractivity contribution in [1.82, 2.24) is 20.1 Å². The van der Waals surface area contributed by atoms with E-state index in [0.717, 1.165) is 59.4 Å². The van der Waals surface area contributed by atoms with Gasteiger partial charge in [0.05, 0.1) is 34.9 Å².